The molecule has 0 aliphatic carbocycles. The van der Waals surface area contributed by atoms with E-state index < -0.39 is 0 Å². The van der Waals surface area contributed by atoms with Gasteiger partial charge in [-0.25, -0.2) is 12.1 Å². The minimum Gasteiger partial charge on any atom is -0.214 e. The van der Waals surface area contributed by atoms with Crippen LogP contribution in [0, 0.1) is 0 Å². The summed E-state index contributed by atoms with van der Waals surface area (Å²) in [6.45, 7) is 2.23. The Kier molecular flexibility index (Phi) is 14.3. The quantitative estimate of drug-likeness (QED) is 0.262. The maximum absolute atomic E-state index is 2.34. The number of fused-ring (bicyclic) bond motifs is 3. The second-order valence-corrected chi connectivity index (χ2v) is 10.8. The van der Waals surface area contributed by atoms with Gasteiger partial charge in [-0.3, -0.25) is 0 Å². The molecule has 0 saturated heterocycles. The molecule has 6 rings (SSSR count). The van der Waals surface area contributed by atoms with Crippen molar-refractivity contribution in [2.24, 2.45) is 0 Å². The summed E-state index contributed by atoms with van der Waals surface area (Å²) in [4.78, 5) is 2.15. The van der Waals surface area contributed by atoms with Crippen LogP contribution in [0.1, 0.15) is 30.0 Å². The maximum atomic E-state index is 2.34. The maximum Gasteiger partial charge on any atom is -0.172 e. The molecule has 0 aliphatic heterocycles. The molecule has 40 heavy (non-hydrogen) atoms. The molecule has 0 amide bonds. The van der Waals surface area contributed by atoms with Crippen LogP contribution in [0.2, 0.25) is 0 Å². The molecule has 6 aromatic rings. The van der Waals surface area contributed by atoms with Gasteiger partial charge in [-0.05, 0) is 6.42 Å². The van der Waals surface area contributed by atoms with E-state index in [1.165, 1.54) is 84.2 Å². The van der Waals surface area contributed by atoms with E-state index in [1.807, 2.05) is 30.3 Å². The van der Waals surface area contributed by atoms with Crippen LogP contribution in [0.25, 0.3) is 21.5 Å². The summed E-state index contributed by atoms with van der Waals surface area (Å²) in [6.07, 6.45) is 2.37. The van der Waals surface area contributed by atoms with Crippen molar-refractivity contribution in [3.8, 4) is 0 Å². The zero-order valence-electron chi connectivity index (χ0n) is 23.3. The molecule has 0 saturated carbocycles. The largest absolute Gasteiger partial charge is 0.214 e. The van der Waals surface area contributed by atoms with Crippen molar-refractivity contribution >= 4 is 30.4 Å². The van der Waals surface area contributed by atoms with Crippen molar-refractivity contribution in [1.29, 1.82) is 0 Å². The molecule has 0 atom stereocenters. The van der Waals surface area contributed by atoms with Gasteiger partial charge in [0.25, 0.3) is 0 Å². The molecule has 1 nitrogen and oxygen atoms in total. The average Bonchev–Trinajstić information content (AvgIpc) is 3.65. The number of aryl methyl sites for hydroxylation is 1. The van der Waals surface area contributed by atoms with Crippen LogP contribution in [0.5, 0.6) is 0 Å². The summed E-state index contributed by atoms with van der Waals surface area (Å²) < 4.78 is 1.42. The number of anilines is 1. The zero-order valence-corrected chi connectivity index (χ0v) is 27.3. The van der Waals surface area contributed by atoms with Crippen LogP contribution in [0.3, 0.4) is 0 Å². The molecule has 0 N–H and O–H groups in total. The predicted molar refractivity (Wildman–Crippen MR) is 163 cm³/mol. The molecular formula is C36H35Cl2NZr-2. The van der Waals surface area contributed by atoms with Gasteiger partial charge in [0.1, 0.15) is 0 Å². The van der Waals surface area contributed by atoms with E-state index in [0.717, 1.165) is 0 Å². The Morgan fingerprint density at radius 1 is 0.675 bits per heavy atom. The van der Waals surface area contributed by atoms with Gasteiger partial charge in [0.2, 0.25) is 0 Å². The first kappa shape index (κ1) is 33.4. The third-order valence-corrected chi connectivity index (χ3v) is 7.91. The monoisotopic (exact) mass is 641 g/mol. The van der Waals surface area contributed by atoms with Crippen molar-refractivity contribution < 1.29 is 49.0 Å². The van der Waals surface area contributed by atoms with E-state index in [-0.39, 0.29) is 24.8 Å². The SMILES string of the molecule is CCCc1ccc2c(c1)[cH-]c1cc(N(C)C)ccc12.[Cl-].[Cl-].[Zr+2]=[C](c1ccccc1)c1ccccc1.c1cc[cH-]c1. The average molecular weight is 644 g/mol. The normalized spacial score (nSPS) is 9.82. The second kappa shape index (κ2) is 17.1. The fourth-order valence-electron chi connectivity index (χ4n) is 4.48. The van der Waals surface area contributed by atoms with Crippen LogP contribution in [-0.4, -0.2) is 17.3 Å². The smallest absolute Gasteiger partial charge is 0.172 e. The van der Waals surface area contributed by atoms with E-state index in [0.29, 0.717) is 0 Å². The van der Waals surface area contributed by atoms with Gasteiger partial charge in [-0.1, -0.05) is 49.2 Å². The minimum atomic E-state index is 0. The molecule has 0 aliphatic rings. The van der Waals surface area contributed by atoms with Crippen molar-refractivity contribution in [3.63, 3.8) is 0 Å². The van der Waals surface area contributed by atoms with Gasteiger partial charge >= 0.3 is 99.2 Å². The molecule has 0 heterocycles. The summed E-state index contributed by atoms with van der Waals surface area (Å²) in [5, 5.41) is 5.45. The van der Waals surface area contributed by atoms with Gasteiger partial charge < -0.3 is 29.7 Å². The van der Waals surface area contributed by atoms with E-state index in [1.54, 1.807) is 0 Å². The first-order valence-electron chi connectivity index (χ1n) is 13.2. The molecule has 0 aromatic heterocycles. The first-order chi connectivity index (χ1) is 18.6. The number of hydrogen-bond donors (Lipinski definition) is 0. The number of rotatable bonds is 5. The fourth-order valence-corrected chi connectivity index (χ4v) is 5.30. The van der Waals surface area contributed by atoms with E-state index in [2.05, 4.69) is 129 Å². The first-order valence-corrected chi connectivity index (χ1v) is 14.4. The van der Waals surface area contributed by atoms with Crippen LogP contribution >= 0.6 is 0 Å². The summed E-state index contributed by atoms with van der Waals surface area (Å²) in [5.41, 5.74) is 5.36. The van der Waals surface area contributed by atoms with Gasteiger partial charge in [0.15, 0.2) is 0 Å². The second-order valence-electron chi connectivity index (χ2n) is 9.55. The number of benzene rings is 4. The topological polar surface area (TPSA) is 3.24 Å². The molecule has 0 unspecified atom stereocenters. The molecular weight excluding hydrogens is 609 g/mol. The Bertz CT molecular complexity index is 1490. The van der Waals surface area contributed by atoms with E-state index >= 15 is 0 Å². The Morgan fingerprint density at radius 2 is 1.20 bits per heavy atom. The number of hydrogen-bond acceptors (Lipinski definition) is 1. The Hall–Kier alpha value is -2.77. The van der Waals surface area contributed by atoms with Crippen LogP contribution in [-0.2, 0) is 30.7 Å². The number of nitrogens with zero attached hydrogens (tertiary/aromatic N) is 1. The molecule has 0 bridgehead atoms. The van der Waals surface area contributed by atoms with E-state index in [9.17, 15) is 0 Å². The summed E-state index contributed by atoms with van der Waals surface area (Å²) >= 11 is 1.46. The van der Waals surface area contributed by atoms with Crippen LogP contribution in [0.15, 0.2) is 133 Å². The Balaban J connectivity index is 0.000000235. The van der Waals surface area contributed by atoms with Gasteiger partial charge in [0.05, 0.1) is 0 Å². The molecule has 204 valence electrons. The molecule has 0 spiro atoms. The fraction of sp³-hybridized carbons (Fsp3) is 0.139. The Morgan fingerprint density at radius 3 is 1.68 bits per heavy atom. The molecule has 4 heteroatoms. The van der Waals surface area contributed by atoms with Gasteiger partial charge in [-0.15, -0.1) is 33.7 Å². The van der Waals surface area contributed by atoms with Crippen LogP contribution in [0.4, 0.5) is 5.69 Å². The summed E-state index contributed by atoms with van der Waals surface area (Å²) in [5.74, 6) is 0. The Labute approximate surface area is 266 Å². The predicted octanol–water partition coefficient (Wildman–Crippen LogP) is 2.95. The van der Waals surface area contributed by atoms with Crippen molar-refractivity contribution in [3.05, 3.63) is 150 Å². The minimum absolute atomic E-state index is 0. The summed E-state index contributed by atoms with van der Waals surface area (Å²) in [6, 6.07) is 47.0. The molecule has 6 aromatic carbocycles. The number of halogens is 2. The van der Waals surface area contributed by atoms with Crippen molar-refractivity contribution in [1.82, 2.24) is 0 Å². The molecule has 0 fully saturated rings. The van der Waals surface area contributed by atoms with Crippen molar-refractivity contribution in [2.45, 2.75) is 19.8 Å². The van der Waals surface area contributed by atoms with E-state index in [4.69, 9.17) is 0 Å². The standard InChI is InChI=1S/C18H20N.C13H10.C5H5.2ClH.Zr/c1-4-5-13-6-8-17-14(10-13)11-15-12-16(19(2)3)7-9-18(15)17;1-3-7-12(8-4-1)11-13-9-5-2-6-10-13;1-2-4-5-3-1;;;/h6-12H,4-5H2,1-3H3;1-10H;1-5H;2*1H;/q-1;;-1;;;+2/p-2. The van der Waals surface area contributed by atoms with Gasteiger partial charge in [0, 0.05) is 19.8 Å². The third kappa shape index (κ3) is 9.13. The molecule has 0 radical (unpaired) electrons. The van der Waals surface area contributed by atoms with Crippen LogP contribution < -0.4 is 29.7 Å². The third-order valence-electron chi connectivity index (χ3n) is 6.49. The summed E-state index contributed by atoms with van der Waals surface area (Å²) in [7, 11) is 4.17. The van der Waals surface area contributed by atoms with Crippen molar-refractivity contribution in [2.75, 3.05) is 19.0 Å². The van der Waals surface area contributed by atoms with Gasteiger partial charge in [-0.2, -0.15) is 18.2 Å². The zero-order chi connectivity index (χ0) is 26.7.